The molecule has 1 N–H and O–H groups in total. The third-order valence-corrected chi connectivity index (χ3v) is 4.79. The van der Waals surface area contributed by atoms with Crippen molar-refractivity contribution in [1.82, 2.24) is 19.9 Å². The van der Waals surface area contributed by atoms with E-state index in [0.717, 1.165) is 43.1 Å². The number of hydrogen-bond acceptors (Lipinski definition) is 6. The van der Waals surface area contributed by atoms with Crippen LogP contribution >= 0.6 is 0 Å². The van der Waals surface area contributed by atoms with Gasteiger partial charge in [0.1, 0.15) is 11.6 Å². The van der Waals surface area contributed by atoms with E-state index in [1.54, 1.807) is 18.3 Å². The number of rotatable bonds is 4. The lowest BCUT2D eigenvalue weighted by Crippen LogP contribution is -2.34. The van der Waals surface area contributed by atoms with Gasteiger partial charge in [-0.25, -0.2) is 15.0 Å². The van der Waals surface area contributed by atoms with Crippen molar-refractivity contribution in [2.75, 3.05) is 11.4 Å². The minimum absolute atomic E-state index is 0.0330. The maximum atomic E-state index is 11.1. The van der Waals surface area contributed by atoms with Gasteiger partial charge in [-0.2, -0.15) is 0 Å². The number of aromatic amines is 1. The van der Waals surface area contributed by atoms with Gasteiger partial charge in [0.25, 0.3) is 5.69 Å². The van der Waals surface area contributed by atoms with Crippen molar-refractivity contribution in [2.24, 2.45) is 0 Å². The minimum atomic E-state index is -0.405. The van der Waals surface area contributed by atoms with Crippen LogP contribution in [-0.2, 0) is 0 Å². The second kappa shape index (κ2) is 7.14. The topological polar surface area (TPSA) is 101 Å². The molecule has 1 aliphatic heterocycles. The first kappa shape index (κ1) is 17.1. The van der Waals surface area contributed by atoms with Crippen molar-refractivity contribution in [3.63, 3.8) is 0 Å². The minimum Gasteiger partial charge on any atom is -0.347 e. The largest absolute Gasteiger partial charge is 0.347 e. The number of piperidine rings is 1. The predicted octanol–water partition coefficient (Wildman–Crippen LogP) is 3.81. The molecule has 1 atom stereocenters. The van der Waals surface area contributed by atoms with Gasteiger partial charge in [0.05, 0.1) is 11.0 Å². The molecule has 0 bridgehead atoms. The first-order valence-corrected chi connectivity index (χ1v) is 8.98. The van der Waals surface area contributed by atoms with Gasteiger partial charge >= 0.3 is 0 Å². The van der Waals surface area contributed by atoms with Crippen LogP contribution in [0.1, 0.15) is 36.8 Å². The number of non-ortho nitro benzene ring substituents is 1. The molecule has 4 rings (SSSR count). The van der Waals surface area contributed by atoms with Crippen molar-refractivity contribution >= 4 is 11.5 Å². The van der Waals surface area contributed by atoms with Gasteiger partial charge in [-0.1, -0.05) is 12.1 Å². The van der Waals surface area contributed by atoms with Crippen LogP contribution in [0.3, 0.4) is 0 Å². The summed E-state index contributed by atoms with van der Waals surface area (Å²) < 4.78 is 0. The SMILES string of the molecule is Cc1cc(N2CCCC[C@H]2c2ncc[nH]2)nc(-c2cccc([N+](=O)[O-])c2)n1. The zero-order valence-corrected chi connectivity index (χ0v) is 15.0. The Labute approximate surface area is 156 Å². The average molecular weight is 364 g/mol. The van der Waals surface area contributed by atoms with Crippen LogP contribution in [0.25, 0.3) is 11.4 Å². The number of aryl methyl sites for hydroxylation is 1. The Balaban J connectivity index is 1.74. The highest BCUT2D eigenvalue weighted by molar-refractivity contribution is 5.61. The van der Waals surface area contributed by atoms with Crippen LogP contribution in [0.15, 0.2) is 42.7 Å². The predicted molar refractivity (Wildman–Crippen MR) is 101 cm³/mol. The van der Waals surface area contributed by atoms with Crippen LogP contribution in [0.2, 0.25) is 0 Å². The van der Waals surface area contributed by atoms with E-state index in [9.17, 15) is 10.1 Å². The molecule has 1 fully saturated rings. The molecule has 0 amide bonds. The Kier molecular flexibility index (Phi) is 4.53. The fourth-order valence-electron chi connectivity index (χ4n) is 3.54. The molecule has 3 heterocycles. The first-order valence-electron chi connectivity index (χ1n) is 8.98. The molecule has 0 spiro atoms. The van der Waals surface area contributed by atoms with Crippen LogP contribution in [0.4, 0.5) is 11.5 Å². The lowest BCUT2D eigenvalue weighted by atomic mass is 10.0. The van der Waals surface area contributed by atoms with E-state index in [1.807, 2.05) is 19.2 Å². The number of nitro benzene ring substituents is 1. The fourth-order valence-corrected chi connectivity index (χ4v) is 3.54. The number of aromatic nitrogens is 4. The first-order chi connectivity index (χ1) is 13.1. The lowest BCUT2D eigenvalue weighted by Gasteiger charge is -2.35. The Morgan fingerprint density at radius 1 is 1.26 bits per heavy atom. The van der Waals surface area contributed by atoms with Crippen LogP contribution in [0, 0.1) is 17.0 Å². The smallest absolute Gasteiger partial charge is 0.270 e. The Morgan fingerprint density at radius 3 is 2.93 bits per heavy atom. The third-order valence-electron chi connectivity index (χ3n) is 4.79. The molecule has 0 radical (unpaired) electrons. The van der Waals surface area contributed by atoms with E-state index in [-0.39, 0.29) is 11.7 Å². The summed E-state index contributed by atoms with van der Waals surface area (Å²) in [5, 5.41) is 11.1. The highest BCUT2D eigenvalue weighted by atomic mass is 16.6. The molecule has 3 aromatic rings. The van der Waals surface area contributed by atoms with Crippen molar-refractivity contribution in [3.05, 3.63) is 64.4 Å². The second-order valence-corrected chi connectivity index (χ2v) is 6.68. The van der Waals surface area contributed by atoms with E-state index >= 15 is 0 Å². The highest BCUT2D eigenvalue weighted by Crippen LogP contribution is 2.33. The van der Waals surface area contributed by atoms with Gasteiger partial charge < -0.3 is 9.88 Å². The molecular formula is C19H20N6O2. The fraction of sp³-hybridized carbons (Fsp3) is 0.316. The van der Waals surface area contributed by atoms with E-state index in [1.165, 1.54) is 12.1 Å². The van der Waals surface area contributed by atoms with Crippen molar-refractivity contribution in [3.8, 4) is 11.4 Å². The average Bonchev–Trinajstić information content (AvgIpc) is 3.22. The van der Waals surface area contributed by atoms with Gasteiger partial charge in [0, 0.05) is 48.4 Å². The van der Waals surface area contributed by atoms with Crippen molar-refractivity contribution in [1.29, 1.82) is 0 Å². The number of hydrogen-bond donors (Lipinski definition) is 1. The molecule has 1 saturated heterocycles. The Morgan fingerprint density at radius 2 is 2.15 bits per heavy atom. The summed E-state index contributed by atoms with van der Waals surface area (Å²) in [5.41, 5.74) is 1.50. The monoisotopic (exact) mass is 364 g/mol. The van der Waals surface area contributed by atoms with Crippen LogP contribution in [-0.4, -0.2) is 31.4 Å². The highest BCUT2D eigenvalue weighted by Gasteiger charge is 2.27. The number of nitrogens with one attached hydrogen (secondary N) is 1. The molecule has 0 aliphatic carbocycles. The van der Waals surface area contributed by atoms with Gasteiger partial charge in [-0.3, -0.25) is 10.1 Å². The number of H-pyrrole nitrogens is 1. The number of imidazole rings is 1. The maximum absolute atomic E-state index is 11.1. The molecule has 0 unspecified atom stereocenters. The van der Waals surface area contributed by atoms with Gasteiger partial charge in [-0.05, 0) is 26.2 Å². The zero-order valence-electron chi connectivity index (χ0n) is 15.0. The van der Waals surface area contributed by atoms with Crippen LogP contribution < -0.4 is 4.90 Å². The lowest BCUT2D eigenvalue weighted by molar-refractivity contribution is -0.384. The summed E-state index contributed by atoms with van der Waals surface area (Å²) in [6.07, 6.45) is 6.84. The maximum Gasteiger partial charge on any atom is 0.270 e. The summed E-state index contributed by atoms with van der Waals surface area (Å²) in [6.45, 7) is 2.80. The molecule has 27 heavy (non-hydrogen) atoms. The number of anilines is 1. The Bertz CT molecular complexity index is 957. The van der Waals surface area contributed by atoms with Gasteiger partial charge in [-0.15, -0.1) is 0 Å². The molecule has 8 heteroatoms. The summed E-state index contributed by atoms with van der Waals surface area (Å²) in [5.74, 6) is 2.26. The second-order valence-electron chi connectivity index (χ2n) is 6.68. The molecular weight excluding hydrogens is 344 g/mol. The summed E-state index contributed by atoms with van der Waals surface area (Å²) >= 11 is 0. The third kappa shape index (κ3) is 3.51. The molecule has 1 aliphatic rings. The van der Waals surface area contributed by atoms with Crippen molar-refractivity contribution in [2.45, 2.75) is 32.2 Å². The number of benzene rings is 1. The molecule has 1 aromatic carbocycles. The zero-order chi connectivity index (χ0) is 18.8. The summed E-state index contributed by atoms with van der Waals surface area (Å²) in [6, 6.07) is 8.54. The van der Waals surface area contributed by atoms with E-state index in [4.69, 9.17) is 4.98 Å². The standard InChI is InChI=1S/C19H20N6O2/c1-13-11-17(24-10-3-2-7-16(24)19-20-8-9-21-19)23-18(22-13)14-5-4-6-15(12-14)25(26)27/h4-6,8-9,11-12,16H,2-3,7,10H2,1H3,(H,20,21)/t16-/m0/s1. The summed E-state index contributed by atoms with van der Waals surface area (Å²) in [4.78, 5) is 29.8. The number of nitro groups is 1. The summed E-state index contributed by atoms with van der Waals surface area (Å²) in [7, 11) is 0. The Hall–Kier alpha value is -3.29. The quantitative estimate of drug-likeness (QED) is 0.558. The molecule has 138 valence electrons. The molecule has 8 nitrogen and oxygen atoms in total. The number of nitrogens with zero attached hydrogens (tertiary/aromatic N) is 5. The van der Waals surface area contributed by atoms with Gasteiger partial charge in [0.15, 0.2) is 5.82 Å². The molecule has 2 aromatic heterocycles. The van der Waals surface area contributed by atoms with Crippen LogP contribution in [0.5, 0.6) is 0 Å². The normalized spacial score (nSPS) is 17.1. The molecule has 0 saturated carbocycles. The van der Waals surface area contributed by atoms with E-state index < -0.39 is 4.92 Å². The van der Waals surface area contributed by atoms with E-state index in [2.05, 4.69) is 19.9 Å². The van der Waals surface area contributed by atoms with Gasteiger partial charge in [0.2, 0.25) is 0 Å². The van der Waals surface area contributed by atoms with Crippen molar-refractivity contribution < 1.29 is 4.92 Å². The van der Waals surface area contributed by atoms with E-state index in [0.29, 0.717) is 11.4 Å².